The third-order valence-corrected chi connectivity index (χ3v) is 13.8. The Hall–Kier alpha value is -8.69. The fraction of sp³-hybridized carbons (Fsp3) is 0.491. The zero-order chi connectivity index (χ0) is 61.7. The van der Waals surface area contributed by atoms with Gasteiger partial charge in [-0.1, -0.05) is 39.8 Å². The number of esters is 2. The summed E-state index contributed by atoms with van der Waals surface area (Å²) in [6.07, 6.45) is -0.705. The first kappa shape index (κ1) is 66.1. The number of hydrogen-bond acceptors (Lipinski definition) is 18. The number of aryl methyl sites for hydroxylation is 1. The third-order valence-electron chi connectivity index (χ3n) is 13.8. The van der Waals surface area contributed by atoms with E-state index < -0.39 is 95.4 Å². The number of rotatable bonds is 32. The first-order valence-corrected chi connectivity index (χ1v) is 27.6. The molecule has 0 aliphatic carbocycles. The average Bonchev–Trinajstić information content (AvgIpc) is 4.10. The molecule has 5 rings (SSSR count). The Bertz CT molecular complexity index is 3100. The summed E-state index contributed by atoms with van der Waals surface area (Å²) >= 11 is 0. The lowest BCUT2D eigenvalue weighted by atomic mass is 9.86. The second-order valence-corrected chi connectivity index (χ2v) is 20.0. The Morgan fingerprint density at radius 1 is 0.798 bits per heavy atom. The van der Waals surface area contributed by atoms with Gasteiger partial charge in [0, 0.05) is 68.1 Å². The standard InChI is InChI=1S/C57H77N11O16/c1-8-37-38-27-36(80-6)16-17-42(38)65-49-39(37)29-68-45(49)28-41(40(53(68)75)31-83-33(5)69)57(79,9-2)54(76)60-23-24-62-56(78)84-30-34-12-14-35(15-13-34)63-50(72)43(11-10-22-61-55(59)77)66-52(74)48(32(3)4)67-51(73)44(18-19-47(71)81-7)64-46(70)20-25-82-26-21-58/h12-17,27-28,32,43-44,48,79H,8-11,18-26,29-31,58H2,1-7H3,(H,60,76)(H,62,78)(H,63,72)(H,64,70)(H,66,74)(H,67,73)(H3,59,61,77)/t43-,44-,48-,57-/m0/s1. The molecule has 27 nitrogen and oxygen atoms in total. The number of pyridine rings is 2. The molecule has 1 aliphatic rings. The van der Waals surface area contributed by atoms with Crippen LogP contribution in [-0.2, 0) is 84.3 Å². The fourth-order valence-corrected chi connectivity index (χ4v) is 9.30. The summed E-state index contributed by atoms with van der Waals surface area (Å²) in [6.45, 7) is 7.73. The summed E-state index contributed by atoms with van der Waals surface area (Å²) in [5.41, 5.74) is 11.7. The molecule has 12 N–H and O–H groups in total. The average molecular weight is 1170 g/mol. The number of hydrogen-bond donors (Lipinski definition) is 10. The van der Waals surface area contributed by atoms with Crippen LogP contribution in [0.25, 0.3) is 22.3 Å². The molecule has 1 aliphatic heterocycles. The Balaban J connectivity index is 1.19. The quantitative estimate of drug-likeness (QED) is 0.0166. The summed E-state index contributed by atoms with van der Waals surface area (Å²) in [6, 6.07) is 8.77. The van der Waals surface area contributed by atoms with Gasteiger partial charge in [-0.3, -0.25) is 38.4 Å². The molecule has 84 heavy (non-hydrogen) atoms. The van der Waals surface area contributed by atoms with Crippen LogP contribution in [-0.4, -0.2) is 140 Å². The molecule has 0 saturated carbocycles. The van der Waals surface area contributed by atoms with E-state index in [4.69, 9.17) is 40.1 Å². The van der Waals surface area contributed by atoms with Gasteiger partial charge in [-0.2, -0.15) is 0 Å². The van der Waals surface area contributed by atoms with Crippen molar-refractivity contribution in [2.45, 2.75) is 123 Å². The van der Waals surface area contributed by atoms with Gasteiger partial charge in [0.2, 0.25) is 23.6 Å². The number of ether oxygens (including phenoxy) is 5. The minimum atomic E-state index is -2.30. The van der Waals surface area contributed by atoms with Crippen molar-refractivity contribution < 1.29 is 71.9 Å². The maximum Gasteiger partial charge on any atom is 0.407 e. The molecule has 3 heterocycles. The van der Waals surface area contributed by atoms with Crippen molar-refractivity contribution in [2.24, 2.45) is 17.4 Å². The summed E-state index contributed by atoms with van der Waals surface area (Å²) in [5, 5.41) is 31.2. The molecule has 8 amide bonds. The Labute approximate surface area is 485 Å². The van der Waals surface area contributed by atoms with E-state index in [-0.39, 0.29) is 102 Å². The molecule has 456 valence electrons. The number of fused-ring (bicyclic) bond motifs is 4. The molecule has 4 atom stereocenters. The van der Waals surface area contributed by atoms with Crippen molar-refractivity contribution in [3.05, 3.63) is 86.7 Å². The Morgan fingerprint density at radius 3 is 2.15 bits per heavy atom. The normalized spacial score (nSPS) is 13.2. The van der Waals surface area contributed by atoms with Gasteiger partial charge in [-0.05, 0) is 85.5 Å². The number of methoxy groups -OCH3 is 2. The van der Waals surface area contributed by atoms with Crippen molar-refractivity contribution >= 4 is 70.2 Å². The number of amides is 8. The van der Waals surface area contributed by atoms with Crippen LogP contribution in [0.5, 0.6) is 5.75 Å². The third kappa shape index (κ3) is 17.9. The van der Waals surface area contributed by atoms with Crippen molar-refractivity contribution in [2.75, 3.05) is 58.9 Å². The zero-order valence-electron chi connectivity index (χ0n) is 48.4. The van der Waals surface area contributed by atoms with Crippen molar-refractivity contribution in [3.63, 3.8) is 0 Å². The molecule has 27 heteroatoms. The first-order chi connectivity index (χ1) is 40.1. The van der Waals surface area contributed by atoms with Crippen LogP contribution in [0.4, 0.5) is 15.3 Å². The predicted octanol–water partition coefficient (Wildman–Crippen LogP) is 1.52. The number of anilines is 1. The lowest BCUT2D eigenvalue weighted by molar-refractivity contribution is -0.143. The number of nitrogens with one attached hydrogen (secondary N) is 7. The Kier molecular flexibility index (Phi) is 24.9. The molecule has 4 aromatic rings. The van der Waals surface area contributed by atoms with E-state index in [2.05, 4.69) is 37.2 Å². The van der Waals surface area contributed by atoms with Crippen molar-refractivity contribution in [1.29, 1.82) is 0 Å². The highest BCUT2D eigenvalue weighted by Crippen LogP contribution is 2.39. The van der Waals surface area contributed by atoms with Gasteiger partial charge in [0.1, 0.15) is 37.1 Å². The number of aromatic nitrogens is 2. The number of carbonyl (C=O) groups is 9. The lowest BCUT2D eigenvalue weighted by Crippen LogP contribution is -2.58. The largest absolute Gasteiger partial charge is 0.497 e. The molecule has 0 spiro atoms. The molecule has 0 fully saturated rings. The maximum absolute atomic E-state index is 14.3. The maximum atomic E-state index is 14.3. The van der Waals surface area contributed by atoms with E-state index in [0.717, 1.165) is 16.5 Å². The molecule has 2 aromatic heterocycles. The van der Waals surface area contributed by atoms with Gasteiger partial charge in [-0.25, -0.2) is 14.6 Å². The lowest BCUT2D eigenvalue weighted by Gasteiger charge is -2.29. The van der Waals surface area contributed by atoms with Crippen LogP contribution in [0.3, 0.4) is 0 Å². The highest BCUT2D eigenvalue weighted by molar-refractivity contribution is 5.99. The Morgan fingerprint density at radius 2 is 1.51 bits per heavy atom. The number of urea groups is 1. The van der Waals surface area contributed by atoms with E-state index in [1.807, 2.05) is 19.1 Å². The topological polar surface area (TPSA) is 391 Å². The number of alkyl carbamates (subject to hydrolysis) is 1. The van der Waals surface area contributed by atoms with E-state index in [1.165, 1.54) is 30.7 Å². The highest BCUT2D eigenvalue weighted by Gasteiger charge is 2.41. The number of primary amides is 1. The zero-order valence-corrected chi connectivity index (χ0v) is 48.4. The second kappa shape index (κ2) is 31.7. The van der Waals surface area contributed by atoms with Gasteiger partial charge in [0.05, 0.1) is 56.4 Å². The van der Waals surface area contributed by atoms with Crippen LogP contribution in [0.1, 0.15) is 101 Å². The van der Waals surface area contributed by atoms with Gasteiger partial charge in [0.25, 0.3) is 11.5 Å². The van der Waals surface area contributed by atoms with Gasteiger partial charge in [-0.15, -0.1) is 0 Å². The first-order valence-electron chi connectivity index (χ1n) is 27.6. The van der Waals surface area contributed by atoms with E-state index >= 15 is 0 Å². The van der Waals surface area contributed by atoms with Crippen molar-refractivity contribution in [3.8, 4) is 17.1 Å². The van der Waals surface area contributed by atoms with Gasteiger partial charge >= 0.3 is 24.1 Å². The summed E-state index contributed by atoms with van der Waals surface area (Å²) < 4.78 is 27.5. The molecule has 0 radical (unpaired) electrons. The number of aliphatic hydroxyl groups is 1. The van der Waals surface area contributed by atoms with Crippen LogP contribution < -0.4 is 59.0 Å². The number of benzene rings is 2. The van der Waals surface area contributed by atoms with Crippen LogP contribution in [0.2, 0.25) is 0 Å². The molecule has 2 aromatic carbocycles. The number of carbonyl (C=O) groups excluding carboxylic acids is 9. The minimum Gasteiger partial charge on any atom is -0.497 e. The predicted molar refractivity (Wildman–Crippen MR) is 306 cm³/mol. The highest BCUT2D eigenvalue weighted by atomic mass is 16.5. The van der Waals surface area contributed by atoms with E-state index in [0.29, 0.717) is 40.3 Å². The molecular weight excluding hydrogens is 1090 g/mol. The van der Waals surface area contributed by atoms with E-state index in [9.17, 15) is 53.1 Å². The second-order valence-electron chi connectivity index (χ2n) is 20.0. The molecule has 0 saturated heterocycles. The van der Waals surface area contributed by atoms with Crippen LogP contribution >= 0.6 is 0 Å². The molecule has 0 bridgehead atoms. The van der Waals surface area contributed by atoms with E-state index in [1.54, 1.807) is 52.1 Å². The fourth-order valence-electron chi connectivity index (χ4n) is 9.30. The monoisotopic (exact) mass is 1170 g/mol. The summed E-state index contributed by atoms with van der Waals surface area (Å²) in [4.78, 5) is 135. The summed E-state index contributed by atoms with van der Waals surface area (Å²) in [5.74, 6) is -4.79. The molecular formula is C57H77N11O16. The van der Waals surface area contributed by atoms with Gasteiger partial charge in [0.15, 0.2) is 5.60 Å². The minimum absolute atomic E-state index is 0.0157. The summed E-state index contributed by atoms with van der Waals surface area (Å²) in [7, 11) is 2.75. The number of nitrogens with zero attached hydrogens (tertiary/aromatic N) is 2. The SMILES string of the molecule is CCc1c2c(nc3ccc(OC)cc13)-c1cc([C@@](O)(CC)C(=O)NCCNC(=O)OCc3ccc(NC(=O)[C@H](CCCNC(N)=O)NC(=O)[C@@H](NC(=O)[C@H](CCC(=O)OC)NC(=O)CCOCCN)C(C)C)cc3)c(COC(C)=O)c(=O)n1C2. The van der Waals surface area contributed by atoms with Crippen LogP contribution in [0.15, 0.2) is 53.3 Å². The van der Waals surface area contributed by atoms with Crippen LogP contribution in [0, 0.1) is 5.92 Å². The molecule has 0 unspecified atom stereocenters. The number of nitrogens with two attached hydrogens (primary N) is 2. The smallest absolute Gasteiger partial charge is 0.407 e. The van der Waals surface area contributed by atoms with Gasteiger partial charge < -0.3 is 82.0 Å². The van der Waals surface area contributed by atoms with Crippen molar-refractivity contribution in [1.82, 2.24) is 41.5 Å².